The number of benzene rings is 2. The third kappa shape index (κ3) is 3.78. The number of aliphatic hydroxyl groups excluding tert-OH is 1. The zero-order chi connectivity index (χ0) is 15.9. The van der Waals surface area contributed by atoms with Gasteiger partial charge in [-0.15, -0.1) is 0 Å². The Hall–Kier alpha value is -2.50. The van der Waals surface area contributed by atoms with E-state index in [1.54, 1.807) is 12.1 Å². The number of aliphatic hydroxyl groups is 1. The lowest BCUT2D eigenvalue weighted by Crippen LogP contribution is -2.46. The lowest BCUT2D eigenvalue weighted by atomic mass is 10.0. The topological polar surface area (TPSA) is 92.4 Å². The van der Waals surface area contributed by atoms with E-state index in [4.69, 9.17) is 10.8 Å². The Bertz CT molecular complexity index is 639. The van der Waals surface area contributed by atoms with Crippen LogP contribution < -0.4 is 11.1 Å². The molecule has 0 spiro atoms. The number of ketones is 1. The Balaban J connectivity index is 2.10. The van der Waals surface area contributed by atoms with Crippen LogP contribution in [0.4, 0.5) is 0 Å². The van der Waals surface area contributed by atoms with E-state index in [-0.39, 0.29) is 6.54 Å². The summed E-state index contributed by atoms with van der Waals surface area (Å²) in [6.07, 6.45) is 0. The van der Waals surface area contributed by atoms with Gasteiger partial charge < -0.3 is 16.2 Å². The highest BCUT2D eigenvalue weighted by atomic mass is 16.3. The molecule has 0 saturated carbocycles. The summed E-state index contributed by atoms with van der Waals surface area (Å²) >= 11 is 0. The number of carbonyl (C=O) groups is 2. The fraction of sp³-hybridized carbons (Fsp3) is 0.176. The van der Waals surface area contributed by atoms with Gasteiger partial charge in [-0.3, -0.25) is 9.59 Å². The SMILES string of the molecule is NC[C@H](NC(=O)c1ccc(-c2ccccc2)cc1)C(=O)CO. The van der Waals surface area contributed by atoms with E-state index < -0.39 is 24.3 Å². The van der Waals surface area contributed by atoms with Gasteiger partial charge in [0.15, 0.2) is 5.78 Å². The third-order valence-corrected chi connectivity index (χ3v) is 3.34. The Morgan fingerprint density at radius 3 is 2.14 bits per heavy atom. The number of nitrogens with two attached hydrogens (primary N) is 1. The highest BCUT2D eigenvalue weighted by Gasteiger charge is 2.18. The number of amides is 1. The number of hydrogen-bond acceptors (Lipinski definition) is 4. The molecule has 0 aliphatic rings. The quantitative estimate of drug-likeness (QED) is 0.741. The molecule has 1 amide bonds. The molecule has 5 nitrogen and oxygen atoms in total. The van der Waals surface area contributed by atoms with E-state index in [0.29, 0.717) is 5.56 Å². The van der Waals surface area contributed by atoms with Crippen molar-refractivity contribution in [2.45, 2.75) is 6.04 Å². The monoisotopic (exact) mass is 298 g/mol. The normalized spacial score (nSPS) is 11.7. The number of rotatable bonds is 6. The first-order valence-corrected chi connectivity index (χ1v) is 6.95. The van der Waals surface area contributed by atoms with Crippen molar-refractivity contribution in [2.24, 2.45) is 5.73 Å². The molecule has 5 heteroatoms. The molecule has 0 aliphatic carbocycles. The van der Waals surface area contributed by atoms with Crippen molar-refractivity contribution in [3.8, 4) is 11.1 Å². The number of Topliss-reactive ketones (excluding diaryl/α,β-unsaturated/α-hetero) is 1. The van der Waals surface area contributed by atoms with E-state index in [1.165, 1.54) is 0 Å². The molecule has 2 aromatic carbocycles. The fourth-order valence-electron chi connectivity index (χ4n) is 2.07. The van der Waals surface area contributed by atoms with Gasteiger partial charge in [-0.1, -0.05) is 42.5 Å². The first kappa shape index (κ1) is 15.9. The second kappa shape index (κ2) is 7.49. The van der Waals surface area contributed by atoms with Crippen LogP contribution in [0.1, 0.15) is 10.4 Å². The van der Waals surface area contributed by atoms with Gasteiger partial charge in [0, 0.05) is 12.1 Å². The van der Waals surface area contributed by atoms with Crippen molar-refractivity contribution in [1.82, 2.24) is 5.32 Å². The van der Waals surface area contributed by atoms with Gasteiger partial charge in [0.05, 0.1) is 0 Å². The molecule has 0 aromatic heterocycles. The van der Waals surface area contributed by atoms with Crippen LogP contribution >= 0.6 is 0 Å². The minimum absolute atomic E-state index is 0.0484. The fourth-order valence-corrected chi connectivity index (χ4v) is 2.07. The van der Waals surface area contributed by atoms with Gasteiger partial charge >= 0.3 is 0 Å². The molecular formula is C17H18N2O3. The summed E-state index contributed by atoms with van der Waals surface area (Å²) in [5.41, 5.74) is 7.92. The van der Waals surface area contributed by atoms with E-state index in [9.17, 15) is 9.59 Å². The first-order valence-electron chi connectivity index (χ1n) is 6.95. The summed E-state index contributed by atoms with van der Waals surface area (Å²) in [7, 11) is 0. The molecule has 0 heterocycles. The molecule has 0 bridgehead atoms. The summed E-state index contributed by atoms with van der Waals surface area (Å²) in [4.78, 5) is 23.5. The molecule has 2 aromatic rings. The van der Waals surface area contributed by atoms with Gasteiger partial charge in [0.2, 0.25) is 0 Å². The molecule has 0 aliphatic heterocycles. The first-order chi connectivity index (χ1) is 10.7. The van der Waals surface area contributed by atoms with Gasteiger partial charge in [0.25, 0.3) is 5.91 Å². The Morgan fingerprint density at radius 1 is 1.00 bits per heavy atom. The molecule has 0 unspecified atom stereocenters. The zero-order valence-corrected chi connectivity index (χ0v) is 12.0. The molecule has 0 saturated heterocycles. The summed E-state index contributed by atoms with van der Waals surface area (Å²) in [5.74, 6) is -0.895. The second-order valence-electron chi connectivity index (χ2n) is 4.83. The lowest BCUT2D eigenvalue weighted by molar-refractivity contribution is -0.123. The van der Waals surface area contributed by atoms with Crippen molar-refractivity contribution in [3.63, 3.8) is 0 Å². The molecule has 1 atom stereocenters. The van der Waals surface area contributed by atoms with Crippen LogP contribution in [0.15, 0.2) is 54.6 Å². The predicted molar refractivity (Wildman–Crippen MR) is 84.3 cm³/mol. The molecule has 0 radical (unpaired) electrons. The van der Waals surface area contributed by atoms with Crippen LogP contribution in [0.3, 0.4) is 0 Å². The second-order valence-corrected chi connectivity index (χ2v) is 4.83. The highest BCUT2D eigenvalue weighted by molar-refractivity contribution is 5.98. The molecule has 2 rings (SSSR count). The predicted octanol–water partition coefficient (Wildman–Crippen LogP) is 0.972. The molecule has 114 valence electrons. The van der Waals surface area contributed by atoms with Crippen LogP contribution in [-0.2, 0) is 4.79 Å². The maximum atomic E-state index is 12.1. The minimum atomic E-state index is -0.869. The van der Waals surface area contributed by atoms with E-state index >= 15 is 0 Å². The van der Waals surface area contributed by atoms with Crippen LogP contribution in [0.25, 0.3) is 11.1 Å². The van der Waals surface area contributed by atoms with E-state index in [0.717, 1.165) is 11.1 Å². The highest BCUT2D eigenvalue weighted by Crippen LogP contribution is 2.19. The van der Waals surface area contributed by atoms with Crippen molar-refractivity contribution in [3.05, 3.63) is 60.2 Å². The average molecular weight is 298 g/mol. The smallest absolute Gasteiger partial charge is 0.251 e. The minimum Gasteiger partial charge on any atom is -0.388 e. The summed E-state index contributed by atoms with van der Waals surface area (Å²) in [6.45, 7) is -0.692. The summed E-state index contributed by atoms with van der Waals surface area (Å²) < 4.78 is 0. The maximum Gasteiger partial charge on any atom is 0.251 e. The van der Waals surface area contributed by atoms with Crippen LogP contribution in [-0.4, -0.2) is 36.0 Å². The summed E-state index contributed by atoms with van der Waals surface area (Å²) in [5, 5.41) is 11.3. The largest absolute Gasteiger partial charge is 0.388 e. The van der Waals surface area contributed by atoms with Crippen LogP contribution in [0.2, 0.25) is 0 Å². The lowest BCUT2D eigenvalue weighted by Gasteiger charge is -2.14. The van der Waals surface area contributed by atoms with Crippen molar-refractivity contribution < 1.29 is 14.7 Å². The Labute approximate surface area is 128 Å². The third-order valence-electron chi connectivity index (χ3n) is 3.34. The zero-order valence-electron chi connectivity index (χ0n) is 12.0. The average Bonchev–Trinajstić information content (AvgIpc) is 2.59. The Kier molecular flexibility index (Phi) is 5.41. The van der Waals surface area contributed by atoms with Gasteiger partial charge in [0.1, 0.15) is 12.6 Å². The van der Waals surface area contributed by atoms with Crippen molar-refractivity contribution in [2.75, 3.05) is 13.2 Å². The molecule has 4 N–H and O–H groups in total. The Morgan fingerprint density at radius 2 is 1.59 bits per heavy atom. The van der Waals surface area contributed by atoms with Crippen molar-refractivity contribution >= 4 is 11.7 Å². The molecule has 22 heavy (non-hydrogen) atoms. The maximum absolute atomic E-state index is 12.1. The molecule has 0 fully saturated rings. The van der Waals surface area contributed by atoms with Crippen molar-refractivity contribution in [1.29, 1.82) is 0 Å². The van der Waals surface area contributed by atoms with Gasteiger partial charge in [-0.2, -0.15) is 0 Å². The van der Waals surface area contributed by atoms with Gasteiger partial charge in [-0.05, 0) is 23.3 Å². The van der Waals surface area contributed by atoms with E-state index in [2.05, 4.69) is 5.32 Å². The number of nitrogens with one attached hydrogen (secondary N) is 1. The van der Waals surface area contributed by atoms with E-state index in [1.807, 2.05) is 42.5 Å². The van der Waals surface area contributed by atoms with Gasteiger partial charge in [-0.25, -0.2) is 0 Å². The number of hydrogen-bond donors (Lipinski definition) is 3. The van der Waals surface area contributed by atoms with Crippen LogP contribution in [0, 0.1) is 0 Å². The standard InChI is InChI=1S/C17H18N2O3/c18-10-15(16(21)11-20)19-17(22)14-8-6-13(7-9-14)12-4-2-1-3-5-12/h1-9,15,20H,10-11,18H2,(H,19,22)/t15-/m0/s1. The van der Waals surface area contributed by atoms with Crippen LogP contribution in [0.5, 0.6) is 0 Å². The number of carbonyl (C=O) groups excluding carboxylic acids is 2. The summed E-state index contributed by atoms with van der Waals surface area (Å²) in [6, 6.07) is 16.0. The molecular weight excluding hydrogens is 280 g/mol.